The van der Waals surface area contributed by atoms with Crippen LogP contribution >= 0.6 is 0 Å². The van der Waals surface area contributed by atoms with Gasteiger partial charge in [0.05, 0.1) is 18.3 Å². The van der Waals surface area contributed by atoms with Gasteiger partial charge in [-0.2, -0.15) is 5.10 Å². The standard InChI is InChI=1S/C19H21N5O2/c1-23-15(8-9-21-23)19-14(10-18(25)24(19)12-6-7-12)20-11-17-22-13-4-2-3-5-16(13)26-17/h2-5,8-9,12,14,19-20H,6-7,10-11H2,1H3/t14-,19-/m1/s1. The van der Waals surface area contributed by atoms with Gasteiger partial charge in [0.15, 0.2) is 5.58 Å². The third-order valence-corrected chi connectivity index (χ3v) is 5.32. The van der Waals surface area contributed by atoms with Gasteiger partial charge >= 0.3 is 0 Å². The van der Waals surface area contributed by atoms with Crippen molar-refractivity contribution in [3.8, 4) is 0 Å². The molecule has 0 radical (unpaired) electrons. The fraction of sp³-hybridized carbons (Fsp3) is 0.421. The maximum Gasteiger partial charge on any atom is 0.225 e. The van der Waals surface area contributed by atoms with Crippen LogP contribution in [0.15, 0.2) is 40.9 Å². The molecule has 2 fully saturated rings. The number of benzene rings is 1. The molecular weight excluding hydrogens is 330 g/mol. The molecular formula is C19H21N5O2. The number of aryl methyl sites for hydroxylation is 1. The van der Waals surface area contributed by atoms with Crippen molar-refractivity contribution >= 4 is 17.0 Å². The van der Waals surface area contributed by atoms with Gasteiger partial charge in [0.1, 0.15) is 5.52 Å². The lowest BCUT2D eigenvalue weighted by Gasteiger charge is -2.28. The van der Waals surface area contributed by atoms with Gasteiger partial charge < -0.3 is 14.6 Å². The van der Waals surface area contributed by atoms with Crippen molar-refractivity contribution in [2.45, 2.75) is 43.9 Å². The highest BCUT2D eigenvalue weighted by atomic mass is 16.3. The van der Waals surface area contributed by atoms with Gasteiger partial charge in [0.2, 0.25) is 11.8 Å². The van der Waals surface area contributed by atoms with Crippen LogP contribution in [0.25, 0.3) is 11.1 Å². The van der Waals surface area contributed by atoms with Crippen LogP contribution in [0.1, 0.15) is 36.9 Å². The summed E-state index contributed by atoms with van der Waals surface area (Å²) in [5.74, 6) is 0.862. The number of oxazole rings is 1. The molecule has 1 aliphatic carbocycles. The molecule has 2 aliphatic rings. The number of nitrogens with one attached hydrogen (secondary N) is 1. The van der Waals surface area contributed by atoms with E-state index in [2.05, 4.69) is 20.3 Å². The maximum atomic E-state index is 12.7. The van der Waals surface area contributed by atoms with E-state index in [0.29, 0.717) is 24.9 Å². The van der Waals surface area contributed by atoms with E-state index in [1.54, 1.807) is 6.20 Å². The predicted octanol–water partition coefficient (Wildman–Crippen LogP) is 2.16. The highest BCUT2D eigenvalue weighted by Gasteiger charge is 2.48. The van der Waals surface area contributed by atoms with E-state index >= 15 is 0 Å². The Morgan fingerprint density at radius 2 is 2.12 bits per heavy atom. The number of carbonyl (C=O) groups is 1. The van der Waals surface area contributed by atoms with E-state index in [9.17, 15) is 4.79 Å². The fourth-order valence-electron chi connectivity index (χ4n) is 3.96. The van der Waals surface area contributed by atoms with Crippen molar-refractivity contribution in [1.29, 1.82) is 0 Å². The van der Waals surface area contributed by atoms with E-state index in [1.807, 2.05) is 42.1 Å². The van der Waals surface area contributed by atoms with Crippen molar-refractivity contribution in [2.75, 3.05) is 0 Å². The van der Waals surface area contributed by atoms with Crippen LogP contribution in [0.2, 0.25) is 0 Å². The van der Waals surface area contributed by atoms with Crippen molar-refractivity contribution < 1.29 is 9.21 Å². The third-order valence-electron chi connectivity index (χ3n) is 5.32. The Labute approximate surface area is 151 Å². The molecule has 7 nitrogen and oxygen atoms in total. The first kappa shape index (κ1) is 15.6. The molecule has 1 saturated carbocycles. The largest absolute Gasteiger partial charge is 0.439 e. The van der Waals surface area contributed by atoms with Gasteiger partial charge in [-0.25, -0.2) is 4.98 Å². The Morgan fingerprint density at radius 3 is 2.85 bits per heavy atom. The van der Waals surface area contributed by atoms with Gasteiger partial charge in [-0.1, -0.05) is 12.1 Å². The summed E-state index contributed by atoms with van der Waals surface area (Å²) in [4.78, 5) is 19.2. The first-order valence-corrected chi connectivity index (χ1v) is 9.07. The molecule has 0 unspecified atom stereocenters. The highest BCUT2D eigenvalue weighted by Crippen LogP contribution is 2.41. The Hall–Kier alpha value is -2.67. The van der Waals surface area contributed by atoms with Crippen molar-refractivity contribution in [2.24, 2.45) is 7.05 Å². The maximum absolute atomic E-state index is 12.7. The summed E-state index contributed by atoms with van der Waals surface area (Å²) in [6.45, 7) is 0.499. The molecule has 1 amide bonds. The molecule has 3 aromatic rings. The molecule has 7 heteroatoms. The second-order valence-electron chi connectivity index (χ2n) is 7.12. The normalized spacial score (nSPS) is 23.3. The van der Waals surface area contributed by atoms with Crippen molar-refractivity contribution in [3.05, 3.63) is 48.1 Å². The van der Waals surface area contributed by atoms with E-state index < -0.39 is 0 Å². The third kappa shape index (κ3) is 2.59. The van der Waals surface area contributed by atoms with E-state index in [0.717, 1.165) is 29.6 Å². The topological polar surface area (TPSA) is 76.2 Å². The van der Waals surface area contributed by atoms with E-state index in [1.165, 1.54) is 0 Å². The molecule has 134 valence electrons. The lowest BCUT2D eigenvalue weighted by atomic mass is 10.1. The molecule has 26 heavy (non-hydrogen) atoms. The van der Waals surface area contributed by atoms with Gasteiger partial charge in [-0.15, -0.1) is 0 Å². The predicted molar refractivity (Wildman–Crippen MR) is 95.1 cm³/mol. The number of rotatable bonds is 5. The Balaban J connectivity index is 1.39. The second kappa shape index (κ2) is 5.95. The SMILES string of the molecule is Cn1nccc1[C@H]1[C@H](NCc2nc3ccccc3o2)CC(=O)N1C1CC1. The minimum atomic E-state index is 0.00637. The molecule has 1 N–H and O–H groups in total. The van der Waals surface area contributed by atoms with Gasteiger partial charge in [0.25, 0.3) is 0 Å². The zero-order chi connectivity index (χ0) is 17.7. The average molecular weight is 351 g/mol. The molecule has 0 spiro atoms. The summed E-state index contributed by atoms with van der Waals surface area (Å²) in [5, 5.41) is 7.81. The second-order valence-corrected chi connectivity index (χ2v) is 7.12. The number of para-hydroxylation sites is 2. The zero-order valence-corrected chi connectivity index (χ0v) is 14.6. The molecule has 1 saturated heterocycles. The number of hydrogen-bond donors (Lipinski definition) is 1. The Morgan fingerprint density at radius 1 is 1.27 bits per heavy atom. The average Bonchev–Trinajstić information content (AvgIpc) is 3.10. The first-order chi connectivity index (χ1) is 12.7. The fourth-order valence-corrected chi connectivity index (χ4v) is 3.96. The summed E-state index contributed by atoms with van der Waals surface area (Å²) in [7, 11) is 1.93. The number of fused-ring (bicyclic) bond motifs is 1. The quantitative estimate of drug-likeness (QED) is 0.762. The molecule has 2 aromatic heterocycles. The number of carbonyl (C=O) groups excluding carboxylic acids is 1. The number of amides is 1. The molecule has 2 atom stereocenters. The minimum Gasteiger partial charge on any atom is -0.439 e. The molecule has 3 heterocycles. The molecule has 5 rings (SSSR count). The van der Waals surface area contributed by atoms with Gasteiger partial charge in [-0.05, 0) is 31.0 Å². The summed E-state index contributed by atoms with van der Waals surface area (Å²) in [5.41, 5.74) is 2.71. The van der Waals surface area contributed by atoms with E-state index in [-0.39, 0.29) is 18.0 Å². The zero-order valence-electron chi connectivity index (χ0n) is 14.6. The summed E-state index contributed by atoms with van der Waals surface area (Å²) in [6, 6.07) is 10.1. The smallest absolute Gasteiger partial charge is 0.225 e. The van der Waals surface area contributed by atoms with Crippen LogP contribution in [-0.4, -0.2) is 37.7 Å². The number of hydrogen-bond acceptors (Lipinski definition) is 5. The summed E-state index contributed by atoms with van der Waals surface area (Å²) < 4.78 is 7.67. The number of aromatic nitrogens is 3. The number of nitrogens with zero attached hydrogens (tertiary/aromatic N) is 4. The number of likely N-dealkylation sites (tertiary alicyclic amines) is 1. The monoisotopic (exact) mass is 351 g/mol. The molecule has 0 bridgehead atoms. The summed E-state index contributed by atoms with van der Waals surface area (Å²) >= 11 is 0. The minimum absolute atomic E-state index is 0.00637. The molecule has 1 aliphatic heterocycles. The first-order valence-electron chi connectivity index (χ1n) is 9.07. The van der Waals surface area contributed by atoms with Crippen LogP contribution in [0.4, 0.5) is 0 Å². The van der Waals surface area contributed by atoms with E-state index in [4.69, 9.17) is 4.42 Å². The van der Waals surface area contributed by atoms with Crippen LogP contribution in [-0.2, 0) is 18.4 Å². The van der Waals surface area contributed by atoms with Gasteiger partial charge in [0, 0.05) is 31.7 Å². The van der Waals surface area contributed by atoms with Crippen molar-refractivity contribution in [3.63, 3.8) is 0 Å². The van der Waals surface area contributed by atoms with Crippen LogP contribution in [0, 0.1) is 0 Å². The van der Waals surface area contributed by atoms with Crippen LogP contribution in [0.3, 0.4) is 0 Å². The lowest BCUT2D eigenvalue weighted by Crippen LogP contribution is -2.38. The summed E-state index contributed by atoms with van der Waals surface area (Å²) in [6.07, 6.45) is 4.48. The Kier molecular flexibility index (Phi) is 3.56. The van der Waals surface area contributed by atoms with Crippen LogP contribution in [0.5, 0.6) is 0 Å². The van der Waals surface area contributed by atoms with Crippen molar-refractivity contribution in [1.82, 2.24) is 25.0 Å². The van der Waals surface area contributed by atoms with Gasteiger partial charge in [-0.3, -0.25) is 9.48 Å². The van der Waals surface area contributed by atoms with Crippen LogP contribution < -0.4 is 5.32 Å². The highest BCUT2D eigenvalue weighted by molar-refractivity contribution is 5.81. The Bertz CT molecular complexity index is 925. The molecule has 1 aromatic carbocycles. The lowest BCUT2D eigenvalue weighted by molar-refractivity contribution is -0.129.